The number of methoxy groups -OCH3 is 1. The van der Waals surface area contributed by atoms with Crippen LogP contribution in [-0.4, -0.2) is 48.0 Å². The first-order chi connectivity index (χ1) is 12.1. The van der Waals surface area contributed by atoms with Crippen molar-refractivity contribution in [3.63, 3.8) is 0 Å². The average Bonchev–Trinajstić information content (AvgIpc) is 3.31. The molecule has 1 aliphatic heterocycles. The van der Waals surface area contributed by atoms with Gasteiger partial charge >= 0.3 is 5.97 Å². The fourth-order valence-electron chi connectivity index (χ4n) is 4.12. The van der Waals surface area contributed by atoms with Crippen molar-refractivity contribution in [3.8, 4) is 0 Å². The zero-order chi connectivity index (χ0) is 17.4. The van der Waals surface area contributed by atoms with E-state index in [4.69, 9.17) is 4.74 Å². The smallest absolute Gasteiger partial charge is 0.309 e. The third kappa shape index (κ3) is 3.10. The number of nitrogens with one attached hydrogen (secondary N) is 1. The highest BCUT2D eigenvalue weighted by Gasteiger charge is 2.59. The number of nitrogens with zero attached hydrogens (tertiary/aromatic N) is 2. The van der Waals surface area contributed by atoms with Crippen molar-refractivity contribution >= 4 is 17.7 Å². The summed E-state index contributed by atoms with van der Waals surface area (Å²) in [4.78, 5) is 30.8. The molecule has 6 heteroatoms. The fraction of sp³-hybridized carbons (Fsp3) is 0.632. The fourth-order valence-corrected chi connectivity index (χ4v) is 4.12. The molecule has 4 rings (SSSR count). The Bertz CT molecular complexity index is 678. The molecule has 1 unspecified atom stereocenters. The van der Waals surface area contributed by atoms with Gasteiger partial charge < -0.3 is 15.0 Å². The molecule has 0 radical (unpaired) electrons. The van der Waals surface area contributed by atoms with Crippen molar-refractivity contribution in [1.29, 1.82) is 0 Å². The van der Waals surface area contributed by atoms with Crippen molar-refractivity contribution in [2.24, 2.45) is 11.3 Å². The molecule has 3 fully saturated rings. The molecule has 2 aliphatic carbocycles. The summed E-state index contributed by atoms with van der Waals surface area (Å²) in [6.45, 7) is 1.42. The number of esters is 1. The van der Waals surface area contributed by atoms with Crippen molar-refractivity contribution in [3.05, 3.63) is 23.9 Å². The normalized spacial score (nSPS) is 24.5. The van der Waals surface area contributed by atoms with Gasteiger partial charge in [-0.3, -0.25) is 9.59 Å². The van der Waals surface area contributed by atoms with Crippen molar-refractivity contribution < 1.29 is 14.3 Å². The molecule has 25 heavy (non-hydrogen) atoms. The topological polar surface area (TPSA) is 71.5 Å². The van der Waals surface area contributed by atoms with Crippen molar-refractivity contribution in [2.45, 2.75) is 44.6 Å². The monoisotopic (exact) mass is 343 g/mol. The maximum atomic E-state index is 12.8. The number of piperidine rings is 1. The molecule has 1 aromatic rings. The van der Waals surface area contributed by atoms with Crippen molar-refractivity contribution in [1.82, 2.24) is 9.88 Å². The first-order valence-corrected chi connectivity index (χ1v) is 9.21. The zero-order valence-electron chi connectivity index (χ0n) is 14.7. The maximum Gasteiger partial charge on any atom is 0.309 e. The van der Waals surface area contributed by atoms with Gasteiger partial charge in [-0.25, -0.2) is 4.98 Å². The predicted molar refractivity (Wildman–Crippen MR) is 93.2 cm³/mol. The second kappa shape index (κ2) is 6.32. The van der Waals surface area contributed by atoms with Crippen LogP contribution in [0.3, 0.4) is 0 Å². The second-order valence-electron chi connectivity index (χ2n) is 7.64. The van der Waals surface area contributed by atoms with Gasteiger partial charge in [-0.1, -0.05) is 0 Å². The number of hydrogen-bond donors (Lipinski definition) is 1. The van der Waals surface area contributed by atoms with Crippen LogP contribution in [0, 0.1) is 11.3 Å². The molecule has 1 saturated heterocycles. The molecule has 0 bridgehead atoms. The number of carbonyl (C=O) groups is 2. The molecular formula is C19H25N3O3. The van der Waals surface area contributed by atoms with Crippen LogP contribution in [-0.2, 0) is 9.53 Å². The predicted octanol–water partition coefficient (Wildman–Crippen LogP) is 2.46. The van der Waals surface area contributed by atoms with E-state index >= 15 is 0 Å². The van der Waals surface area contributed by atoms with Gasteiger partial charge in [-0.15, -0.1) is 0 Å². The Morgan fingerprint density at radius 2 is 2.08 bits per heavy atom. The SMILES string of the molecule is COC(=O)C1CC12CCN(C(=O)c1ccnc(NC3CCC3)c1)CC2. The Hall–Kier alpha value is -2.11. The van der Waals surface area contributed by atoms with E-state index in [1.54, 1.807) is 12.3 Å². The van der Waals surface area contributed by atoms with Gasteiger partial charge in [-0.05, 0) is 56.1 Å². The van der Waals surface area contributed by atoms with Gasteiger partial charge in [0.15, 0.2) is 0 Å². The Morgan fingerprint density at radius 3 is 2.72 bits per heavy atom. The third-order valence-corrected chi connectivity index (χ3v) is 6.19. The summed E-state index contributed by atoms with van der Waals surface area (Å²) in [5.74, 6) is 0.788. The highest BCUT2D eigenvalue weighted by Crippen LogP contribution is 2.59. The molecule has 2 heterocycles. The van der Waals surface area contributed by atoms with Gasteiger partial charge in [0.05, 0.1) is 13.0 Å². The van der Waals surface area contributed by atoms with Crippen molar-refractivity contribution in [2.75, 3.05) is 25.5 Å². The lowest BCUT2D eigenvalue weighted by Crippen LogP contribution is -2.40. The molecule has 3 aliphatic rings. The number of rotatable bonds is 4. The van der Waals surface area contributed by atoms with E-state index in [0.717, 1.165) is 25.1 Å². The van der Waals surface area contributed by atoms with E-state index in [1.807, 2.05) is 11.0 Å². The Morgan fingerprint density at radius 1 is 1.32 bits per heavy atom. The van der Waals surface area contributed by atoms with Crippen LogP contribution >= 0.6 is 0 Å². The molecule has 134 valence electrons. The number of ether oxygens (including phenoxy) is 1. The van der Waals surface area contributed by atoms with E-state index in [-0.39, 0.29) is 23.2 Å². The first kappa shape index (κ1) is 16.4. The van der Waals surface area contributed by atoms with Crippen LogP contribution in [0.4, 0.5) is 5.82 Å². The Kier molecular flexibility index (Phi) is 4.13. The second-order valence-corrected chi connectivity index (χ2v) is 7.64. The summed E-state index contributed by atoms with van der Waals surface area (Å²) >= 11 is 0. The van der Waals surface area contributed by atoms with Crippen LogP contribution in [0.25, 0.3) is 0 Å². The maximum absolute atomic E-state index is 12.8. The van der Waals surface area contributed by atoms with E-state index in [1.165, 1.54) is 26.4 Å². The molecule has 1 amide bonds. The molecule has 1 spiro atoms. The van der Waals surface area contributed by atoms with Gasteiger partial charge in [0, 0.05) is 30.9 Å². The largest absolute Gasteiger partial charge is 0.469 e. The van der Waals surface area contributed by atoms with Gasteiger partial charge in [-0.2, -0.15) is 0 Å². The summed E-state index contributed by atoms with van der Waals surface area (Å²) in [6.07, 6.45) is 8.00. The van der Waals surface area contributed by atoms with E-state index in [2.05, 4.69) is 10.3 Å². The zero-order valence-corrected chi connectivity index (χ0v) is 14.7. The quantitative estimate of drug-likeness (QED) is 0.850. The lowest BCUT2D eigenvalue weighted by molar-refractivity contribution is -0.143. The van der Waals surface area contributed by atoms with E-state index in [0.29, 0.717) is 24.7 Å². The Labute approximate surface area is 147 Å². The number of amides is 1. The summed E-state index contributed by atoms with van der Waals surface area (Å²) in [7, 11) is 1.45. The van der Waals surface area contributed by atoms with Crippen LogP contribution < -0.4 is 5.32 Å². The lowest BCUT2D eigenvalue weighted by atomic mass is 9.90. The molecule has 1 atom stereocenters. The molecule has 1 N–H and O–H groups in total. The number of pyridine rings is 1. The minimum absolute atomic E-state index is 0.0361. The molecule has 1 aromatic heterocycles. The highest BCUT2D eigenvalue weighted by molar-refractivity contribution is 5.95. The first-order valence-electron chi connectivity index (χ1n) is 9.21. The van der Waals surface area contributed by atoms with Crippen LogP contribution in [0.2, 0.25) is 0 Å². The lowest BCUT2D eigenvalue weighted by Gasteiger charge is -2.33. The summed E-state index contributed by atoms with van der Waals surface area (Å²) in [5, 5.41) is 3.39. The third-order valence-electron chi connectivity index (χ3n) is 6.19. The van der Waals surface area contributed by atoms with Crippen LogP contribution in [0.1, 0.15) is 48.9 Å². The molecule has 2 saturated carbocycles. The minimum atomic E-state index is -0.0966. The number of anilines is 1. The molecular weight excluding hydrogens is 318 g/mol. The van der Waals surface area contributed by atoms with Gasteiger partial charge in [0.25, 0.3) is 5.91 Å². The Balaban J connectivity index is 1.36. The molecule has 6 nitrogen and oxygen atoms in total. The number of aromatic nitrogens is 1. The van der Waals surface area contributed by atoms with Gasteiger partial charge in [0.1, 0.15) is 5.82 Å². The van der Waals surface area contributed by atoms with Crippen LogP contribution in [0.5, 0.6) is 0 Å². The van der Waals surface area contributed by atoms with E-state index in [9.17, 15) is 9.59 Å². The number of carbonyl (C=O) groups excluding carboxylic acids is 2. The standard InChI is InChI=1S/C19H25N3O3/c1-25-18(24)15-12-19(15)6-9-22(10-7-19)17(23)13-5-8-20-16(11-13)21-14-3-2-4-14/h5,8,11,14-15H,2-4,6-7,9-10,12H2,1H3,(H,20,21). The summed E-state index contributed by atoms with van der Waals surface area (Å²) in [5.41, 5.74) is 0.770. The highest BCUT2D eigenvalue weighted by atomic mass is 16.5. The van der Waals surface area contributed by atoms with Crippen LogP contribution in [0.15, 0.2) is 18.3 Å². The molecule has 0 aromatic carbocycles. The number of hydrogen-bond acceptors (Lipinski definition) is 5. The number of likely N-dealkylation sites (tertiary alicyclic amines) is 1. The average molecular weight is 343 g/mol. The summed E-state index contributed by atoms with van der Waals surface area (Å²) in [6, 6.07) is 4.14. The summed E-state index contributed by atoms with van der Waals surface area (Å²) < 4.78 is 4.87. The van der Waals surface area contributed by atoms with E-state index < -0.39 is 0 Å². The van der Waals surface area contributed by atoms with Gasteiger partial charge in [0.2, 0.25) is 0 Å². The minimum Gasteiger partial charge on any atom is -0.469 e.